The molecule has 0 amide bonds. The number of alkyl halides is 3. The molecule has 2 nitrogen and oxygen atoms in total. The Balaban J connectivity index is 2.55. The SMILES string of the molecule is Cc1cccc(-c2ccnc(C(F)(F)F)n2)c1F. The lowest BCUT2D eigenvalue weighted by molar-refractivity contribution is -0.144. The van der Waals surface area contributed by atoms with Crippen molar-refractivity contribution >= 4 is 0 Å². The van der Waals surface area contributed by atoms with Gasteiger partial charge in [0.1, 0.15) is 5.82 Å². The number of aromatic nitrogens is 2. The van der Waals surface area contributed by atoms with Gasteiger partial charge in [0.2, 0.25) is 5.82 Å². The smallest absolute Gasteiger partial charge is 0.233 e. The topological polar surface area (TPSA) is 25.8 Å². The van der Waals surface area contributed by atoms with E-state index in [0.717, 1.165) is 6.20 Å². The average Bonchev–Trinajstić information content (AvgIpc) is 2.32. The maximum Gasteiger partial charge on any atom is 0.451 e. The van der Waals surface area contributed by atoms with Crippen LogP contribution >= 0.6 is 0 Å². The highest BCUT2D eigenvalue weighted by Gasteiger charge is 2.34. The lowest BCUT2D eigenvalue weighted by atomic mass is 10.1. The predicted octanol–water partition coefficient (Wildman–Crippen LogP) is 3.61. The van der Waals surface area contributed by atoms with E-state index in [-0.39, 0.29) is 11.3 Å². The molecule has 2 rings (SSSR count). The van der Waals surface area contributed by atoms with Crippen LogP contribution in [0.4, 0.5) is 17.6 Å². The summed E-state index contributed by atoms with van der Waals surface area (Å²) in [5.74, 6) is -1.86. The van der Waals surface area contributed by atoms with Crippen LogP contribution < -0.4 is 0 Å². The largest absolute Gasteiger partial charge is 0.451 e. The van der Waals surface area contributed by atoms with E-state index in [1.54, 1.807) is 6.07 Å². The van der Waals surface area contributed by atoms with Crippen molar-refractivity contribution in [3.63, 3.8) is 0 Å². The third kappa shape index (κ3) is 2.32. The summed E-state index contributed by atoms with van der Waals surface area (Å²) in [6, 6.07) is 5.71. The van der Waals surface area contributed by atoms with E-state index in [4.69, 9.17) is 0 Å². The molecule has 0 aliphatic rings. The molecule has 1 aromatic heterocycles. The zero-order valence-corrected chi connectivity index (χ0v) is 9.29. The molecule has 0 saturated carbocycles. The zero-order chi connectivity index (χ0) is 13.3. The second kappa shape index (κ2) is 4.36. The van der Waals surface area contributed by atoms with Crippen molar-refractivity contribution in [2.75, 3.05) is 0 Å². The number of hydrogen-bond donors (Lipinski definition) is 0. The van der Waals surface area contributed by atoms with Gasteiger partial charge < -0.3 is 0 Å². The first-order valence-electron chi connectivity index (χ1n) is 5.05. The third-order valence-electron chi connectivity index (χ3n) is 2.38. The molecule has 0 N–H and O–H groups in total. The number of rotatable bonds is 1. The van der Waals surface area contributed by atoms with Crippen LogP contribution in [-0.2, 0) is 6.18 Å². The van der Waals surface area contributed by atoms with E-state index >= 15 is 0 Å². The molecule has 18 heavy (non-hydrogen) atoms. The molecule has 0 bridgehead atoms. The molecule has 0 saturated heterocycles. The van der Waals surface area contributed by atoms with Gasteiger partial charge in [0.15, 0.2) is 0 Å². The van der Waals surface area contributed by atoms with Crippen LogP contribution in [0.15, 0.2) is 30.5 Å². The van der Waals surface area contributed by atoms with Gasteiger partial charge in [-0.2, -0.15) is 13.2 Å². The molecule has 6 heteroatoms. The van der Waals surface area contributed by atoms with Crippen molar-refractivity contribution < 1.29 is 17.6 Å². The summed E-state index contributed by atoms with van der Waals surface area (Å²) >= 11 is 0. The summed E-state index contributed by atoms with van der Waals surface area (Å²) in [6.45, 7) is 1.53. The molecular weight excluding hydrogens is 248 g/mol. The first kappa shape index (κ1) is 12.5. The van der Waals surface area contributed by atoms with Gasteiger partial charge in [-0.15, -0.1) is 0 Å². The lowest BCUT2D eigenvalue weighted by Gasteiger charge is -2.08. The van der Waals surface area contributed by atoms with Crippen molar-refractivity contribution in [2.45, 2.75) is 13.1 Å². The highest BCUT2D eigenvalue weighted by molar-refractivity contribution is 5.60. The van der Waals surface area contributed by atoms with E-state index in [1.165, 1.54) is 25.1 Å². The summed E-state index contributed by atoms with van der Waals surface area (Å²) < 4.78 is 51.1. The highest BCUT2D eigenvalue weighted by atomic mass is 19.4. The fraction of sp³-hybridized carbons (Fsp3) is 0.167. The van der Waals surface area contributed by atoms with E-state index in [0.29, 0.717) is 5.56 Å². The summed E-state index contributed by atoms with van der Waals surface area (Å²) in [4.78, 5) is 6.47. The summed E-state index contributed by atoms with van der Waals surface area (Å²) in [5.41, 5.74) is 0.293. The fourth-order valence-corrected chi connectivity index (χ4v) is 1.49. The van der Waals surface area contributed by atoms with Crippen LogP contribution in [0.2, 0.25) is 0 Å². The van der Waals surface area contributed by atoms with Crippen LogP contribution in [0.25, 0.3) is 11.3 Å². The predicted molar refractivity (Wildman–Crippen MR) is 57.2 cm³/mol. The molecule has 0 radical (unpaired) electrons. The maximum atomic E-state index is 13.8. The second-order valence-corrected chi connectivity index (χ2v) is 3.70. The minimum absolute atomic E-state index is 0.0305. The van der Waals surface area contributed by atoms with Crippen LogP contribution in [0.5, 0.6) is 0 Å². The molecule has 0 aliphatic carbocycles. The molecule has 0 unspecified atom stereocenters. The van der Waals surface area contributed by atoms with Crippen molar-refractivity contribution in [1.82, 2.24) is 9.97 Å². The maximum absolute atomic E-state index is 13.8. The van der Waals surface area contributed by atoms with Gasteiger partial charge in [-0.1, -0.05) is 12.1 Å². The zero-order valence-electron chi connectivity index (χ0n) is 9.29. The molecule has 0 fully saturated rings. The second-order valence-electron chi connectivity index (χ2n) is 3.70. The summed E-state index contributed by atoms with van der Waals surface area (Å²) in [6.07, 6.45) is -3.68. The Morgan fingerprint density at radius 2 is 1.83 bits per heavy atom. The van der Waals surface area contributed by atoms with Crippen LogP contribution in [-0.4, -0.2) is 9.97 Å². The standard InChI is InChI=1S/C12H8F4N2/c1-7-3-2-4-8(10(7)13)9-5-6-17-11(18-9)12(14,15)16/h2-6H,1H3. The van der Waals surface area contributed by atoms with Crippen molar-refractivity contribution in [3.05, 3.63) is 47.7 Å². The number of nitrogens with zero attached hydrogens (tertiary/aromatic N) is 2. The minimum Gasteiger partial charge on any atom is -0.233 e. The van der Waals surface area contributed by atoms with Crippen LogP contribution in [0, 0.1) is 12.7 Å². The van der Waals surface area contributed by atoms with E-state index in [9.17, 15) is 17.6 Å². The Hall–Kier alpha value is -1.98. The molecule has 0 atom stereocenters. The van der Waals surface area contributed by atoms with Gasteiger partial charge in [-0.3, -0.25) is 0 Å². The highest BCUT2D eigenvalue weighted by Crippen LogP contribution is 2.28. The number of aryl methyl sites for hydroxylation is 1. The van der Waals surface area contributed by atoms with Crippen LogP contribution in [0.1, 0.15) is 11.4 Å². The Kier molecular flexibility index (Phi) is 3.02. The summed E-state index contributed by atoms with van der Waals surface area (Å²) in [5, 5.41) is 0. The van der Waals surface area contributed by atoms with E-state index < -0.39 is 17.8 Å². The molecule has 0 spiro atoms. The molecule has 1 heterocycles. The summed E-state index contributed by atoms with van der Waals surface area (Å²) in [7, 11) is 0. The molecule has 2 aromatic rings. The minimum atomic E-state index is -4.64. The number of hydrogen-bond acceptors (Lipinski definition) is 2. The van der Waals surface area contributed by atoms with Crippen molar-refractivity contribution in [3.8, 4) is 11.3 Å². The number of halogens is 4. The van der Waals surface area contributed by atoms with Crippen molar-refractivity contribution in [2.24, 2.45) is 0 Å². The molecule has 1 aromatic carbocycles. The Morgan fingerprint density at radius 1 is 1.11 bits per heavy atom. The average molecular weight is 256 g/mol. The van der Waals surface area contributed by atoms with Gasteiger partial charge >= 0.3 is 6.18 Å². The van der Waals surface area contributed by atoms with E-state index in [2.05, 4.69) is 9.97 Å². The Bertz CT molecular complexity index is 579. The first-order valence-corrected chi connectivity index (χ1v) is 5.05. The Labute approximate surface area is 100 Å². The van der Waals surface area contributed by atoms with Gasteiger partial charge in [-0.25, -0.2) is 14.4 Å². The number of benzene rings is 1. The fourth-order valence-electron chi connectivity index (χ4n) is 1.49. The quantitative estimate of drug-likeness (QED) is 0.728. The van der Waals surface area contributed by atoms with Gasteiger partial charge in [0, 0.05) is 11.8 Å². The van der Waals surface area contributed by atoms with Gasteiger partial charge in [-0.05, 0) is 24.6 Å². The van der Waals surface area contributed by atoms with E-state index in [1.807, 2.05) is 0 Å². The monoisotopic (exact) mass is 256 g/mol. The van der Waals surface area contributed by atoms with Gasteiger partial charge in [0.05, 0.1) is 5.69 Å². The normalized spacial score (nSPS) is 11.6. The Morgan fingerprint density at radius 3 is 2.50 bits per heavy atom. The van der Waals surface area contributed by atoms with Gasteiger partial charge in [0.25, 0.3) is 0 Å². The molecule has 0 aliphatic heterocycles. The molecular formula is C12H8F4N2. The van der Waals surface area contributed by atoms with Crippen molar-refractivity contribution in [1.29, 1.82) is 0 Å². The lowest BCUT2D eigenvalue weighted by Crippen LogP contribution is -2.11. The first-order chi connectivity index (χ1) is 8.39. The van der Waals surface area contributed by atoms with Crippen LogP contribution in [0.3, 0.4) is 0 Å². The molecule has 94 valence electrons. The third-order valence-corrected chi connectivity index (χ3v) is 2.38.